The average molecular weight is 553 g/mol. The number of imidazole rings is 1. The van der Waals surface area contributed by atoms with Gasteiger partial charge in [-0.15, -0.1) is 5.10 Å². The lowest BCUT2D eigenvalue weighted by Crippen LogP contribution is -2.56. The van der Waals surface area contributed by atoms with Gasteiger partial charge in [0.15, 0.2) is 11.5 Å². The van der Waals surface area contributed by atoms with Crippen LogP contribution in [0, 0.1) is 12.4 Å². The minimum absolute atomic E-state index is 0.153. The second-order valence-corrected chi connectivity index (χ2v) is 10.3. The number of aromatic nitrogens is 4. The maximum absolute atomic E-state index is 14.6. The summed E-state index contributed by atoms with van der Waals surface area (Å²) in [5.74, 6) is -0.0745. The molecule has 1 aromatic carbocycles. The highest BCUT2D eigenvalue weighted by molar-refractivity contribution is 6.31. The van der Waals surface area contributed by atoms with E-state index in [2.05, 4.69) is 33.5 Å². The lowest BCUT2D eigenvalue weighted by atomic mass is 10.1. The number of carbonyl (C=O) groups excluding carboxylic acids is 1. The van der Waals surface area contributed by atoms with Gasteiger partial charge in [0.05, 0.1) is 11.9 Å². The third-order valence-corrected chi connectivity index (χ3v) is 7.79. The third kappa shape index (κ3) is 5.53. The Morgan fingerprint density at radius 3 is 2.90 bits per heavy atom. The van der Waals surface area contributed by atoms with Crippen molar-refractivity contribution in [3.63, 3.8) is 0 Å². The summed E-state index contributed by atoms with van der Waals surface area (Å²) >= 11 is 6.31. The molecule has 2 aliphatic rings. The van der Waals surface area contributed by atoms with Gasteiger partial charge in [-0.3, -0.25) is 4.79 Å². The summed E-state index contributed by atoms with van der Waals surface area (Å²) in [6.07, 6.45) is 5.23. The molecule has 0 saturated carbocycles. The number of benzene rings is 1. The van der Waals surface area contributed by atoms with Crippen molar-refractivity contribution in [2.45, 2.75) is 31.3 Å². The summed E-state index contributed by atoms with van der Waals surface area (Å²) < 4.78 is 22.4. The Bertz CT molecular complexity index is 1400. The molecule has 2 saturated heterocycles. The zero-order valence-corrected chi connectivity index (χ0v) is 22.5. The molecule has 0 N–H and O–H groups in total. The fourth-order valence-electron chi connectivity index (χ4n) is 5.25. The molecule has 0 bridgehead atoms. The molecule has 12 heteroatoms. The third-order valence-electron chi connectivity index (χ3n) is 7.43. The normalized spacial score (nSPS) is 19.8. The van der Waals surface area contributed by atoms with Crippen LogP contribution in [0.3, 0.4) is 0 Å². The molecule has 2 aliphatic heterocycles. The van der Waals surface area contributed by atoms with Crippen LogP contribution in [0.4, 0.5) is 10.2 Å². The van der Waals surface area contributed by atoms with E-state index in [1.54, 1.807) is 27.7 Å². The van der Waals surface area contributed by atoms with Gasteiger partial charge in [-0.25, -0.2) is 20.5 Å². The highest BCUT2D eigenvalue weighted by Crippen LogP contribution is 2.28. The molecule has 2 aromatic heterocycles. The van der Waals surface area contributed by atoms with Crippen LogP contribution >= 0.6 is 11.6 Å². The average Bonchev–Trinajstić information content (AvgIpc) is 3.54. The number of rotatable bonds is 8. The smallest absolute Gasteiger partial charge is 0.336 e. The predicted octanol–water partition coefficient (Wildman–Crippen LogP) is 3.10. The molecule has 4 heterocycles. The number of hydrogen-bond donors (Lipinski definition) is 0. The lowest BCUT2D eigenvalue weighted by molar-refractivity contribution is -0.128. The Hall–Kier alpha value is -3.75. The van der Waals surface area contributed by atoms with Crippen LogP contribution in [0.25, 0.3) is 10.5 Å². The van der Waals surface area contributed by atoms with Crippen molar-refractivity contribution in [2.24, 2.45) is 0 Å². The highest BCUT2D eigenvalue weighted by atomic mass is 35.5. The first kappa shape index (κ1) is 26.8. The molecule has 2 atom stereocenters. The predicted molar refractivity (Wildman–Crippen MR) is 146 cm³/mol. The van der Waals surface area contributed by atoms with E-state index in [4.69, 9.17) is 27.9 Å². The number of carbonyl (C=O) groups is 1. The Balaban J connectivity index is 1.51. The molecule has 0 radical (unpaired) electrons. The molecule has 0 spiro atoms. The van der Waals surface area contributed by atoms with Crippen LogP contribution < -0.4 is 9.64 Å². The second-order valence-electron chi connectivity index (χ2n) is 9.84. The standard InChI is InChI=1S/C27H30ClFN8O2/c1-4-24(38)36-12-11-35(16-20(36)14-30-2)26-25-31-15-19(13-21-22(28)8-5-9-23(21)29)37(25)33-27(32-26)39-17-18-7-6-10-34(18)3/h4-5,8-9,15,18,20H,1,6-7,10-14,16-17H2,3H3/t18-,20-/m0/s1. The number of likely N-dealkylation sites (N-methyl/N-ethyl adjacent to an activating group) is 1. The number of anilines is 1. The van der Waals surface area contributed by atoms with Gasteiger partial charge in [0.2, 0.25) is 12.5 Å². The Morgan fingerprint density at radius 2 is 2.18 bits per heavy atom. The number of hydrogen-bond acceptors (Lipinski definition) is 7. The van der Waals surface area contributed by atoms with Gasteiger partial charge in [0, 0.05) is 42.7 Å². The van der Waals surface area contributed by atoms with E-state index in [1.165, 1.54) is 12.1 Å². The summed E-state index contributed by atoms with van der Waals surface area (Å²) in [7, 11) is 2.07. The number of piperazine rings is 1. The summed E-state index contributed by atoms with van der Waals surface area (Å²) in [6.45, 7) is 13.9. The van der Waals surface area contributed by atoms with Gasteiger partial charge in [-0.05, 0) is 44.6 Å². The fraction of sp³-hybridized carbons (Fsp3) is 0.444. The van der Waals surface area contributed by atoms with Gasteiger partial charge in [-0.1, -0.05) is 24.2 Å². The molecular formula is C27H30ClFN8O2. The molecule has 3 aromatic rings. The zero-order valence-electron chi connectivity index (χ0n) is 21.8. The van der Waals surface area contributed by atoms with Crippen LogP contribution in [0.5, 0.6) is 6.01 Å². The van der Waals surface area contributed by atoms with Crippen molar-refractivity contribution in [1.29, 1.82) is 0 Å². The summed E-state index contributed by atoms with van der Waals surface area (Å²) in [6, 6.07) is 4.71. The zero-order chi connectivity index (χ0) is 27.5. The Kier molecular flexibility index (Phi) is 7.95. The van der Waals surface area contributed by atoms with Crippen LogP contribution in [0.2, 0.25) is 5.02 Å². The minimum Gasteiger partial charge on any atom is -0.461 e. The highest BCUT2D eigenvalue weighted by Gasteiger charge is 2.34. The van der Waals surface area contributed by atoms with E-state index >= 15 is 0 Å². The fourth-order valence-corrected chi connectivity index (χ4v) is 5.48. The second kappa shape index (κ2) is 11.6. The minimum atomic E-state index is -0.405. The molecule has 0 unspecified atom stereocenters. The molecule has 2 fully saturated rings. The van der Waals surface area contributed by atoms with E-state index < -0.39 is 5.82 Å². The van der Waals surface area contributed by atoms with Gasteiger partial charge >= 0.3 is 6.01 Å². The van der Waals surface area contributed by atoms with Crippen LogP contribution in [0.15, 0.2) is 37.1 Å². The van der Waals surface area contributed by atoms with Crippen LogP contribution in [-0.4, -0.2) is 93.8 Å². The van der Waals surface area contributed by atoms with E-state index in [0.717, 1.165) is 19.4 Å². The first-order valence-corrected chi connectivity index (χ1v) is 13.3. The van der Waals surface area contributed by atoms with E-state index in [0.29, 0.717) is 54.0 Å². The van der Waals surface area contributed by atoms with Crippen molar-refractivity contribution in [3.8, 4) is 6.01 Å². The largest absolute Gasteiger partial charge is 0.461 e. The van der Waals surface area contributed by atoms with Gasteiger partial charge < -0.3 is 24.3 Å². The van der Waals surface area contributed by atoms with Crippen molar-refractivity contribution in [3.05, 3.63) is 70.6 Å². The molecule has 5 rings (SSSR count). The summed E-state index contributed by atoms with van der Waals surface area (Å²) in [5.41, 5.74) is 1.46. The van der Waals surface area contributed by atoms with Crippen molar-refractivity contribution < 1.29 is 13.9 Å². The molecule has 0 aliphatic carbocycles. The van der Waals surface area contributed by atoms with E-state index in [-0.39, 0.29) is 37.0 Å². The Labute approximate surface area is 231 Å². The number of nitrogens with zero attached hydrogens (tertiary/aromatic N) is 8. The van der Waals surface area contributed by atoms with Crippen LogP contribution in [-0.2, 0) is 11.2 Å². The summed E-state index contributed by atoms with van der Waals surface area (Å²) in [4.78, 5) is 31.2. The molecule has 204 valence electrons. The van der Waals surface area contributed by atoms with Crippen LogP contribution in [0.1, 0.15) is 24.1 Å². The number of fused-ring (bicyclic) bond motifs is 1. The first-order valence-electron chi connectivity index (χ1n) is 12.9. The van der Waals surface area contributed by atoms with E-state index in [1.807, 2.05) is 4.90 Å². The van der Waals surface area contributed by atoms with Gasteiger partial charge in [0.1, 0.15) is 18.5 Å². The molecular weight excluding hydrogens is 523 g/mol. The number of likely N-dealkylation sites (tertiary alicyclic amines) is 1. The summed E-state index contributed by atoms with van der Waals surface area (Å²) in [5, 5.41) is 4.95. The number of ether oxygens (including phenoxy) is 1. The molecule has 1 amide bonds. The maximum Gasteiger partial charge on any atom is 0.336 e. The first-order chi connectivity index (χ1) is 18.9. The van der Waals surface area contributed by atoms with Crippen molar-refractivity contribution in [2.75, 3.05) is 51.3 Å². The van der Waals surface area contributed by atoms with E-state index in [9.17, 15) is 9.18 Å². The topological polar surface area (TPSA) is 83.5 Å². The Morgan fingerprint density at radius 1 is 1.33 bits per heavy atom. The monoisotopic (exact) mass is 552 g/mol. The lowest BCUT2D eigenvalue weighted by Gasteiger charge is -2.39. The number of amides is 1. The van der Waals surface area contributed by atoms with Gasteiger partial charge in [-0.2, -0.15) is 4.98 Å². The SMILES string of the molecule is [C-]#[N+]C[C@H]1CN(c2nc(OC[C@@H]3CCCN3C)nn3c(Cc4c(F)cccc4Cl)cnc23)CCN1C(=O)C=C. The molecule has 10 nitrogen and oxygen atoms in total. The van der Waals surface area contributed by atoms with Crippen molar-refractivity contribution in [1.82, 2.24) is 29.4 Å². The quantitative estimate of drug-likeness (QED) is 0.314. The number of halogens is 2. The van der Waals surface area contributed by atoms with Gasteiger partial charge in [0.25, 0.3) is 0 Å². The maximum atomic E-state index is 14.6. The van der Waals surface area contributed by atoms with Crippen molar-refractivity contribution >= 4 is 29.0 Å². The molecule has 39 heavy (non-hydrogen) atoms.